The number of carbonyl (C=O) groups excluding carboxylic acids is 1. The van der Waals surface area contributed by atoms with Crippen LogP contribution in [0.4, 0.5) is 4.79 Å². The Morgan fingerprint density at radius 2 is 2.12 bits per heavy atom. The first-order valence-electron chi connectivity index (χ1n) is 8.75. The van der Waals surface area contributed by atoms with Crippen molar-refractivity contribution in [2.45, 2.75) is 58.3 Å². The highest BCUT2D eigenvalue weighted by molar-refractivity contribution is 6.35. The van der Waals surface area contributed by atoms with Crippen LogP contribution in [0.1, 0.15) is 39.2 Å². The van der Waals surface area contributed by atoms with Crippen LogP contribution in [0, 0.1) is 0 Å². The van der Waals surface area contributed by atoms with Crippen molar-refractivity contribution in [2.24, 2.45) is 5.73 Å². The van der Waals surface area contributed by atoms with Crippen LogP contribution >= 0.6 is 11.6 Å². The lowest BCUT2D eigenvalue weighted by atomic mass is 10.1. The number of hydrogen-bond acceptors (Lipinski definition) is 3. The van der Waals surface area contributed by atoms with E-state index in [0.717, 1.165) is 34.3 Å². The maximum Gasteiger partial charge on any atom is 0.410 e. The Morgan fingerprint density at radius 3 is 2.72 bits per heavy atom. The molecule has 6 heteroatoms. The largest absolute Gasteiger partial charge is 0.444 e. The van der Waals surface area contributed by atoms with Gasteiger partial charge >= 0.3 is 6.09 Å². The number of benzene rings is 1. The van der Waals surface area contributed by atoms with Crippen LogP contribution in [0.2, 0.25) is 5.02 Å². The van der Waals surface area contributed by atoms with E-state index in [-0.39, 0.29) is 12.1 Å². The molecule has 0 aliphatic heterocycles. The lowest BCUT2D eigenvalue weighted by molar-refractivity contribution is 0.0217. The molecule has 25 heavy (non-hydrogen) atoms. The molecule has 0 bridgehead atoms. The summed E-state index contributed by atoms with van der Waals surface area (Å²) in [7, 11) is 0. The molecule has 0 atom stereocenters. The molecule has 1 aliphatic carbocycles. The summed E-state index contributed by atoms with van der Waals surface area (Å²) >= 11 is 6.31. The van der Waals surface area contributed by atoms with Crippen molar-refractivity contribution in [1.82, 2.24) is 9.47 Å². The molecule has 136 valence electrons. The molecular formula is C19H26ClN3O2. The van der Waals surface area contributed by atoms with Crippen molar-refractivity contribution in [2.75, 3.05) is 6.54 Å². The standard InChI is InChI=1S/C19H26ClN3O2/c1-19(2,3)25-18(24)23(14-5-6-14)11-13-4-7-15-16(20)12-22(9-8-21)17(15)10-13/h4,7,10,12,14H,5-6,8-9,11,21H2,1-3H3. The number of aromatic nitrogens is 1. The maximum atomic E-state index is 12.5. The number of rotatable bonds is 5. The molecule has 1 aromatic heterocycles. The van der Waals surface area contributed by atoms with Gasteiger partial charge in [0, 0.05) is 42.8 Å². The predicted molar refractivity (Wildman–Crippen MR) is 101 cm³/mol. The molecule has 1 saturated carbocycles. The predicted octanol–water partition coefficient (Wildman–Crippen LogP) is 4.15. The molecule has 0 unspecified atom stereocenters. The second kappa shape index (κ2) is 6.89. The summed E-state index contributed by atoms with van der Waals surface area (Å²) in [5.74, 6) is 0. The quantitative estimate of drug-likeness (QED) is 0.867. The van der Waals surface area contributed by atoms with E-state index < -0.39 is 5.60 Å². The zero-order valence-electron chi connectivity index (χ0n) is 15.1. The van der Waals surface area contributed by atoms with Crippen LogP contribution in [-0.2, 0) is 17.8 Å². The molecule has 0 saturated heterocycles. The number of halogens is 1. The molecule has 1 heterocycles. The number of amides is 1. The monoisotopic (exact) mass is 363 g/mol. The summed E-state index contributed by atoms with van der Waals surface area (Å²) in [6.07, 6.45) is 3.74. The van der Waals surface area contributed by atoms with Gasteiger partial charge in [0.1, 0.15) is 5.60 Å². The molecule has 3 rings (SSSR count). The Kier molecular flexibility index (Phi) is 4.98. The summed E-state index contributed by atoms with van der Waals surface area (Å²) in [6.45, 7) is 7.49. The van der Waals surface area contributed by atoms with Crippen molar-refractivity contribution in [3.05, 3.63) is 35.0 Å². The van der Waals surface area contributed by atoms with Crippen LogP contribution in [0.5, 0.6) is 0 Å². The van der Waals surface area contributed by atoms with E-state index in [1.165, 1.54) is 0 Å². The molecule has 5 nitrogen and oxygen atoms in total. The van der Waals surface area contributed by atoms with Crippen molar-refractivity contribution in [1.29, 1.82) is 0 Å². The number of hydrogen-bond donors (Lipinski definition) is 1. The fraction of sp³-hybridized carbons (Fsp3) is 0.526. The molecule has 1 amide bonds. The molecule has 1 fully saturated rings. The fourth-order valence-corrected chi connectivity index (χ4v) is 3.24. The van der Waals surface area contributed by atoms with E-state index in [1.807, 2.05) is 44.0 Å². The first kappa shape index (κ1) is 18.1. The van der Waals surface area contributed by atoms with Gasteiger partial charge in [-0.05, 0) is 45.2 Å². The van der Waals surface area contributed by atoms with E-state index in [4.69, 9.17) is 22.1 Å². The highest BCUT2D eigenvalue weighted by atomic mass is 35.5. The van der Waals surface area contributed by atoms with E-state index in [2.05, 4.69) is 10.6 Å². The fourth-order valence-electron chi connectivity index (χ4n) is 2.96. The Hall–Kier alpha value is -1.72. The minimum Gasteiger partial charge on any atom is -0.444 e. The van der Waals surface area contributed by atoms with Gasteiger partial charge in [0.25, 0.3) is 0 Å². The minimum absolute atomic E-state index is 0.245. The first-order valence-corrected chi connectivity index (χ1v) is 9.13. The molecular weight excluding hydrogens is 338 g/mol. The highest BCUT2D eigenvalue weighted by Crippen LogP contribution is 2.31. The number of ether oxygens (including phenoxy) is 1. The normalized spacial score (nSPS) is 14.8. The average Bonchev–Trinajstić information content (AvgIpc) is 3.30. The van der Waals surface area contributed by atoms with Crippen LogP contribution in [-0.4, -0.2) is 33.7 Å². The summed E-state index contributed by atoms with van der Waals surface area (Å²) in [5.41, 5.74) is 7.32. The molecule has 0 radical (unpaired) electrons. The van der Waals surface area contributed by atoms with Crippen molar-refractivity contribution in [3.8, 4) is 0 Å². The van der Waals surface area contributed by atoms with Gasteiger partial charge in [-0.15, -0.1) is 0 Å². The van der Waals surface area contributed by atoms with E-state index >= 15 is 0 Å². The van der Waals surface area contributed by atoms with Crippen LogP contribution < -0.4 is 5.73 Å². The second-order valence-electron chi connectivity index (χ2n) is 7.65. The number of fused-ring (bicyclic) bond motifs is 1. The summed E-state index contributed by atoms with van der Waals surface area (Å²) in [4.78, 5) is 14.4. The zero-order chi connectivity index (χ0) is 18.2. The molecule has 1 aromatic carbocycles. The third kappa shape index (κ3) is 4.28. The maximum absolute atomic E-state index is 12.5. The van der Waals surface area contributed by atoms with Gasteiger partial charge in [0.05, 0.1) is 5.02 Å². The van der Waals surface area contributed by atoms with Crippen LogP contribution in [0.3, 0.4) is 0 Å². The van der Waals surface area contributed by atoms with Crippen molar-refractivity contribution < 1.29 is 9.53 Å². The van der Waals surface area contributed by atoms with Crippen LogP contribution in [0.25, 0.3) is 10.9 Å². The first-order chi connectivity index (χ1) is 11.8. The number of nitrogens with two attached hydrogens (primary N) is 1. The Bertz CT molecular complexity index is 775. The van der Waals surface area contributed by atoms with Gasteiger partial charge in [0.15, 0.2) is 0 Å². The topological polar surface area (TPSA) is 60.5 Å². The lowest BCUT2D eigenvalue weighted by Crippen LogP contribution is -2.37. The van der Waals surface area contributed by atoms with E-state index in [9.17, 15) is 4.79 Å². The number of carbonyl (C=O) groups is 1. The highest BCUT2D eigenvalue weighted by Gasteiger charge is 2.35. The number of nitrogens with zero attached hydrogens (tertiary/aromatic N) is 2. The van der Waals surface area contributed by atoms with Crippen molar-refractivity contribution in [3.63, 3.8) is 0 Å². The van der Waals surface area contributed by atoms with E-state index in [0.29, 0.717) is 19.6 Å². The van der Waals surface area contributed by atoms with Gasteiger partial charge in [-0.3, -0.25) is 0 Å². The Morgan fingerprint density at radius 1 is 1.40 bits per heavy atom. The Labute approximate surface area is 153 Å². The van der Waals surface area contributed by atoms with E-state index in [1.54, 1.807) is 0 Å². The summed E-state index contributed by atoms with van der Waals surface area (Å²) < 4.78 is 7.64. The molecule has 1 aliphatic rings. The molecule has 0 spiro atoms. The molecule has 2 aromatic rings. The minimum atomic E-state index is -0.489. The third-order valence-corrected chi connectivity index (χ3v) is 4.54. The van der Waals surface area contributed by atoms with Gasteiger partial charge < -0.3 is 19.9 Å². The van der Waals surface area contributed by atoms with Crippen LogP contribution in [0.15, 0.2) is 24.4 Å². The third-order valence-electron chi connectivity index (χ3n) is 4.24. The summed E-state index contributed by atoms with van der Waals surface area (Å²) in [6, 6.07) is 6.42. The van der Waals surface area contributed by atoms with Gasteiger partial charge in [-0.2, -0.15) is 0 Å². The van der Waals surface area contributed by atoms with Crippen molar-refractivity contribution >= 4 is 28.6 Å². The SMILES string of the molecule is CC(C)(C)OC(=O)N(Cc1ccc2c(Cl)cn(CCN)c2c1)C1CC1. The zero-order valence-corrected chi connectivity index (χ0v) is 15.8. The van der Waals surface area contributed by atoms with Gasteiger partial charge in [0.2, 0.25) is 0 Å². The van der Waals surface area contributed by atoms with Gasteiger partial charge in [-0.25, -0.2) is 4.79 Å². The smallest absolute Gasteiger partial charge is 0.410 e. The molecule has 2 N–H and O–H groups in total. The van der Waals surface area contributed by atoms with Gasteiger partial charge in [-0.1, -0.05) is 23.7 Å². The average molecular weight is 364 g/mol. The summed E-state index contributed by atoms with van der Waals surface area (Å²) in [5, 5.41) is 1.73. The second-order valence-corrected chi connectivity index (χ2v) is 8.06. The Balaban J connectivity index is 1.85. The lowest BCUT2D eigenvalue weighted by Gasteiger charge is -2.27.